The molecule has 1 aliphatic rings. The summed E-state index contributed by atoms with van der Waals surface area (Å²) in [5, 5.41) is 5.55. The fourth-order valence-electron chi connectivity index (χ4n) is 2.83. The van der Waals surface area contributed by atoms with Gasteiger partial charge in [0.2, 0.25) is 21.8 Å². The third-order valence-electron chi connectivity index (χ3n) is 4.61. The van der Waals surface area contributed by atoms with Crippen molar-refractivity contribution in [3.05, 3.63) is 53.6 Å². The molecule has 29 heavy (non-hydrogen) atoms. The van der Waals surface area contributed by atoms with Gasteiger partial charge < -0.3 is 10.6 Å². The number of nitrogens with one attached hydrogen (secondary N) is 3. The molecule has 2 aromatic carbocycles. The van der Waals surface area contributed by atoms with Crippen molar-refractivity contribution < 1.29 is 18.0 Å². The summed E-state index contributed by atoms with van der Waals surface area (Å²) in [4.78, 5) is 23.8. The third kappa shape index (κ3) is 6.13. The van der Waals surface area contributed by atoms with Gasteiger partial charge in [0.05, 0.1) is 4.90 Å². The van der Waals surface area contributed by atoms with Gasteiger partial charge in [-0.1, -0.05) is 18.2 Å². The first-order valence-electron chi connectivity index (χ1n) is 9.52. The Morgan fingerprint density at radius 2 is 1.72 bits per heavy atom. The van der Waals surface area contributed by atoms with Crippen molar-refractivity contribution in [3.63, 3.8) is 0 Å². The summed E-state index contributed by atoms with van der Waals surface area (Å²) in [6.07, 6.45) is 2.53. The highest BCUT2D eigenvalue weighted by Gasteiger charge is 2.27. The van der Waals surface area contributed by atoms with E-state index in [2.05, 4.69) is 15.4 Å². The Morgan fingerprint density at radius 1 is 1.03 bits per heavy atom. The van der Waals surface area contributed by atoms with Crippen molar-refractivity contribution in [3.8, 4) is 0 Å². The summed E-state index contributed by atoms with van der Waals surface area (Å²) in [6.45, 7) is 3.31. The molecule has 3 rings (SSSR count). The van der Waals surface area contributed by atoms with Crippen LogP contribution in [0.25, 0.3) is 0 Å². The normalized spacial score (nSPS) is 13.7. The van der Waals surface area contributed by atoms with Crippen molar-refractivity contribution in [2.24, 2.45) is 0 Å². The molecule has 8 heteroatoms. The monoisotopic (exact) mass is 415 g/mol. The van der Waals surface area contributed by atoms with Gasteiger partial charge in [0.1, 0.15) is 0 Å². The predicted octanol–water partition coefficient (Wildman–Crippen LogP) is 2.97. The molecule has 0 saturated heterocycles. The van der Waals surface area contributed by atoms with Crippen LogP contribution in [-0.4, -0.2) is 26.3 Å². The number of hydrogen-bond acceptors (Lipinski definition) is 4. The molecule has 1 saturated carbocycles. The molecule has 0 heterocycles. The zero-order valence-electron chi connectivity index (χ0n) is 16.5. The van der Waals surface area contributed by atoms with E-state index in [1.165, 1.54) is 6.92 Å². The Hall–Kier alpha value is -2.71. The van der Waals surface area contributed by atoms with E-state index in [0.717, 1.165) is 24.0 Å². The van der Waals surface area contributed by atoms with Gasteiger partial charge in [0.15, 0.2) is 0 Å². The van der Waals surface area contributed by atoms with Crippen LogP contribution in [0.5, 0.6) is 0 Å². The number of amides is 2. The lowest BCUT2D eigenvalue weighted by atomic mass is 10.1. The van der Waals surface area contributed by atoms with Gasteiger partial charge in [0.25, 0.3) is 0 Å². The minimum absolute atomic E-state index is 0.0660. The van der Waals surface area contributed by atoms with Crippen molar-refractivity contribution in [1.82, 2.24) is 4.72 Å². The maximum atomic E-state index is 12.3. The Kier molecular flexibility index (Phi) is 6.34. The predicted molar refractivity (Wildman–Crippen MR) is 112 cm³/mol. The minimum atomic E-state index is -3.46. The molecule has 3 N–H and O–H groups in total. The fourth-order valence-corrected chi connectivity index (χ4v) is 4.13. The van der Waals surface area contributed by atoms with E-state index in [0.29, 0.717) is 17.8 Å². The molecular formula is C21H25N3O4S. The highest BCUT2D eigenvalue weighted by molar-refractivity contribution is 7.89. The molecular weight excluding hydrogens is 390 g/mol. The van der Waals surface area contributed by atoms with Gasteiger partial charge in [-0.3, -0.25) is 9.59 Å². The first-order chi connectivity index (χ1) is 13.7. The van der Waals surface area contributed by atoms with Gasteiger partial charge in [-0.15, -0.1) is 0 Å². The zero-order chi connectivity index (χ0) is 21.0. The molecule has 7 nitrogen and oxygen atoms in total. The highest BCUT2D eigenvalue weighted by atomic mass is 32.2. The number of hydrogen-bond donors (Lipinski definition) is 3. The van der Waals surface area contributed by atoms with E-state index in [4.69, 9.17) is 0 Å². The summed E-state index contributed by atoms with van der Waals surface area (Å²) in [7, 11) is -3.46. The smallest absolute Gasteiger partial charge is 0.240 e. The van der Waals surface area contributed by atoms with Crippen molar-refractivity contribution >= 4 is 33.2 Å². The van der Waals surface area contributed by atoms with E-state index in [9.17, 15) is 18.0 Å². The maximum Gasteiger partial charge on any atom is 0.240 e. The van der Waals surface area contributed by atoms with Crippen LogP contribution in [0, 0.1) is 6.92 Å². The quantitative estimate of drug-likeness (QED) is 0.616. The number of benzene rings is 2. The van der Waals surface area contributed by atoms with Gasteiger partial charge >= 0.3 is 0 Å². The molecule has 0 atom stereocenters. The molecule has 0 aromatic heterocycles. The molecule has 0 bridgehead atoms. The first kappa shape index (κ1) is 21.0. The van der Waals surface area contributed by atoms with Gasteiger partial charge in [-0.25, -0.2) is 13.1 Å². The molecule has 1 fully saturated rings. The second-order valence-corrected chi connectivity index (χ2v) is 9.01. The van der Waals surface area contributed by atoms with Crippen LogP contribution in [0.1, 0.15) is 37.3 Å². The number of sulfonamides is 1. The summed E-state index contributed by atoms with van der Waals surface area (Å²) < 4.78 is 27.0. The van der Waals surface area contributed by atoms with E-state index in [-0.39, 0.29) is 29.2 Å². The number of anilines is 2. The van der Waals surface area contributed by atoms with Crippen LogP contribution in [0.3, 0.4) is 0 Å². The molecule has 0 radical (unpaired) electrons. The zero-order valence-corrected chi connectivity index (χ0v) is 17.3. The lowest BCUT2D eigenvalue weighted by molar-refractivity contribution is -0.116. The number of aryl methyl sites for hydroxylation is 2. The number of rotatable bonds is 8. The summed E-state index contributed by atoms with van der Waals surface area (Å²) in [6, 6.07) is 12.0. The Balaban J connectivity index is 1.54. The molecule has 154 valence electrons. The van der Waals surface area contributed by atoms with Gasteiger partial charge in [-0.05, 0) is 61.6 Å². The lowest BCUT2D eigenvalue weighted by Crippen LogP contribution is -2.25. The van der Waals surface area contributed by atoms with Crippen LogP contribution in [0.2, 0.25) is 0 Å². The summed E-state index contributed by atoms with van der Waals surface area (Å²) >= 11 is 0. The van der Waals surface area contributed by atoms with Crippen molar-refractivity contribution in [2.45, 2.75) is 50.5 Å². The van der Waals surface area contributed by atoms with Crippen molar-refractivity contribution in [1.29, 1.82) is 0 Å². The Bertz CT molecular complexity index is 1010. The number of carbonyl (C=O) groups excluding carboxylic acids is 2. The molecule has 0 unspecified atom stereocenters. The fraction of sp³-hybridized carbons (Fsp3) is 0.333. The first-order valence-corrected chi connectivity index (χ1v) is 11.0. The van der Waals surface area contributed by atoms with E-state index < -0.39 is 10.0 Å². The maximum absolute atomic E-state index is 12.3. The summed E-state index contributed by atoms with van der Waals surface area (Å²) in [5.41, 5.74) is 3.06. The molecule has 2 aromatic rings. The minimum Gasteiger partial charge on any atom is -0.326 e. The molecule has 0 aliphatic heterocycles. The van der Waals surface area contributed by atoms with Crippen LogP contribution < -0.4 is 15.4 Å². The van der Waals surface area contributed by atoms with E-state index >= 15 is 0 Å². The molecule has 0 spiro atoms. The highest BCUT2D eigenvalue weighted by Crippen LogP contribution is 2.23. The standard InChI is InChI=1S/C21H25N3O4S/c1-14-3-7-18(13-20(14)22-15(2)25)23-21(26)12-6-16-4-10-19(11-5-16)29(27,28)24-17-8-9-17/h3-5,7,10-11,13,17,24H,6,8-9,12H2,1-2H3,(H,22,25)(H,23,26). The van der Waals surface area contributed by atoms with Crippen LogP contribution >= 0.6 is 0 Å². The summed E-state index contributed by atoms with van der Waals surface area (Å²) in [5.74, 6) is -0.330. The van der Waals surface area contributed by atoms with Crippen LogP contribution in [0.4, 0.5) is 11.4 Å². The molecule has 1 aliphatic carbocycles. The van der Waals surface area contributed by atoms with Gasteiger partial charge in [0, 0.05) is 30.8 Å². The van der Waals surface area contributed by atoms with Crippen LogP contribution in [0.15, 0.2) is 47.4 Å². The Morgan fingerprint density at radius 3 is 2.34 bits per heavy atom. The van der Waals surface area contributed by atoms with Crippen molar-refractivity contribution in [2.75, 3.05) is 10.6 Å². The third-order valence-corrected chi connectivity index (χ3v) is 6.14. The van der Waals surface area contributed by atoms with E-state index in [1.807, 2.05) is 13.0 Å². The number of carbonyl (C=O) groups is 2. The lowest BCUT2D eigenvalue weighted by Gasteiger charge is -2.11. The SMILES string of the molecule is CC(=O)Nc1cc(NC(=O)CCc2ccc(S(=O)(=O)NC3CC3)cc2)ccc1C. The largest absolute Gasteiger partial charge is 0.326 e. The second kappa shape index (κ2) is 8.75. The average molecular weight is 416 g/mol. The second-order valence-electron chi connectivity index (χ2n) is 7.30. The Labute approximate surface area is 171 Å². The van der Waals surface area contributed by atoms with Gasteiger partial charge in [-0.2, -0.15) is 0 Å². The molecule has 2 amide bonds. The topological polar surface area (TPSA) is 104 Å². The van der Waals surface area contributed by atoms with E-state index in [1.54, 1.807) is 36.4 Å². The van der Waals surface area contributed by atoms with Crippen LogP contribution in [-0.2, 0) is 26.0 Å². The average Bonchev–Trinajstić information content (AvgIpc) is 3.46.